The standard InChI is InChI=1S/C28H35Cl2NO5S/c1-17(2)24(16-37(35,36)18(3)4)31-26(19-9-11-21(29)12-10-19)23(20-7-6-8-22(30)13-20)14-28(5,27(31)34)15-25(32)33/h6-13,17-18,23-24,26H,14-16H2,1-5H3,(H,32,33)/t23-,24-,26-,28+/m1/s1. The van der Waals surface area contributed by atoms with Crippen molar-refractivity contribution in [3.05, 3.63) is 69.7 Å². The molecule has 2 aromatic carbocycles. The Kier molecular flexibility index (Phi) is 9.03. The number of nitrogens with zero attached hydrogens (tertiary/aromatic N) is 1. The molecular weight excluding hydrogens is 533 g/mol. The van der Waals surface area contributed by atoms with Crippen molar-refractivity contribution in [3.8, 4) is 0 Å². The minimum absolute atomic E-state index is 0.209. The lowest BCUT2D eigenvalue weighted by molar-refractivity contribution is -0.161. The third-order valence-electron chi connectivity index (χ3n) is 7.38. The molecule has 4 atom stereocenters. The molecular formula is C28H35Cl2NO5S. The van der Waals surface area contributed by atoms with Gasteiger partial charge in [-0.3, -0.25) is 9.59 Å². The van der Waals surface area contributed by atoms with Gasteiger partial charge in [0.15, 0.2) is 9.84 Å². The lowest BCUT2D eigenvalue weighted by Gasteiger charge is -2.52. The normalized spacial score (nSPS) is 23.5. The third kappa shape index (κ3) is 6.50. The molecule has 1 fully saturated rings. The molecule has 202 valence electrons. The van der Waals surface area contributed by atoms with Crippen molar-refractivity contribution in [3.63, 3.8) is 0 Å². The number of carboxylic acid groups (broad SMARTS) is 1. The van der Waals surface area contributed by atoms with Gasteiger partial charge in [-0.25, -0.2) is 8.42 Å². The predicted octanol–water partition coefficient (Wildman–Crippen LogP) is 6.38. The molecule has 0 spiro atoms. The molecule has 0 unspecified atom stereocenters. The molecule has 0 radical (unpaired) electrons. The maximum Gasteiger partial charge on any atom is 0.304 e. The second kappa shape index (κ2) is 11.3. The topological polar surface area (TPSA) is 91.8 Å². The highest BCUT2D eigenvalue weighted by molar-refractivity contribution is 7.92. The summed E-state index contributed by atoms with van der Waals surface area (Å²) in [5.41, 5.74) is 0.416. The van der Waals surface area contributed by atoms with Crippen LogP contribution in [0.4, 0.5) is 0 Å². The summed E-state index contributed by atoms with van der Waals surface area (Å²) in [7, 11) is -3.53. The van der Waals surface area contributed by atoms with E-state index in [1.165, 1.54) is 0 Å². The van der Waals surface area contributed by atoms with E-state index in [9.17, 15) is 23.1 Å². The zero-order valence-corrected chi connectivity index (χ0v) is 24.1. The molecule has 0 aromatic heterocycles. The molecule has 9 heteroatoms. The molecule has 1 saturated heterocycles. The number of halogens is 2. The van der Waals surface area contributed by atoms with Gasteiger partial charge in [-0.2, -0.15) is 0 Å². The van der Waals surface area contributed by atoms with Crippen molar-refractivity contribution < 1.29 is 23.1 Å². The maximum absolute atomic E-state index is 14.3. The molecule has 6 nitrogen and oxygen atoms in total. The van der Waals surface area contributed by atoms with Gasteiger partial charge in [-0.1, -0.05) is 68.2 Å². The van der Waals surface area contributed by atoms with E-state index in [1.807, 2.05) is 44.2 Å². The SMILES string of the molecule is CC(C)[C@@H](CS(=O)(=O)C(C)C)N1C(=O)[C@](C)(CC(=O)O)C[C@H](c2cccc(Cl)c2)[C@H]1c1ccc(Cl)cc1. The molecule has 0 aliphatic carbocycles. The number of likely N-dealkylation sites (tertiary alicyclic amines) is 1. The van der Waals surface area contributed by atoms with Gasteiger partial charge < -0.3 is 10.0 Å². The number of carbonyl (C=O) groups excluding carboxylic acids is 1. The fourth-order valence-electron chi connectivity index (χ4n) is 5.27. The molecule has 37 heavy (non-hydrogen) atoms. The summed E-state index contributed by atoms with van der Waals surface area (Å²) in [6.07, 6.45) is -0.0987. The largest absolute Gasteiger partial charge is 0.481 e. The van der Waals surface area contributed by atoms with Gasteiger partial charge in [-0.05, 0) is 61.6 Å². The maximum atomic E-state index is 14.3. The van der Waals surface area contributed by atoms with Crippen molar-refractivity contribution in [2.75, 3.05) is 5.75 Å². The van der Waals surface area contributed by atoms with Crippen molar-refractivity contribution >= 4 is 44.9 Å². The minimum Gasteiger partial charge on any atom is -0.481 e. The highest BCUT2D eigenvalue weighted by Gasteiger charge is 2.53. The van der Waals surface area contributed by atoms with Gasteiger partial charge in [0.05, 0.1) is 28.9 Å². The molecule has 1 aliphatic rings. The van der Waals surface area contributed by atoms with E-state index in [0.717, 1.165) is 11.1 Å². The van der Waals surface area contributed by atoms with Crippen LogP contribution in [0.3, 0.4) is 0 Å². The Balaban J connectivity index is 2.30. The molecule has 0 saturated carbocycles. The first-order valence-electron chi connectivity index (χ1n) is 12.4. The first-order valence-corrected chi connectivity index (χ1v) is 14.9. The molecule has 3 rings (SSSR count). The second-order valence-electron chi connectivity index (χ2n) is 10.9. The fraction of sp³-hybridized carbons (Fsp3) is 0.500. The Labute approximate surface area is 229 Å². The number of aliphatic carboxylic acids is 1. The highest BCUT2D eigenvalue weighted by Crippen LogP contribution is 2.52. The summed E-state index contributed by atoms with van der Waals surface area (Å²) in [6, 6.07) is 13.3. The van der Waals surface area contributed by atoms with Crippen molar-refractivity contribution in [2.45, 2.75) is 70.7 Å². The van der Waals surface area contributed by atoms with Gasteiger partial charge >= 0.3 is 5.97 Å². The molecule has 1 N–H and O–H groups in total. The summed E-state index contributed by atoms with van der Waals surface area (Å²) in [5, 5.41) is 10.2. The number of sulfone groups is 1. The summed E-state index contributed by atoms with van der Waals surface area (Å²) >= 11 is 12.5. The van der Waals surface area contributed by atoms with Crippen LogP contribution in [0.2, 0.25) is 10.0 Å². The minimum atomic E-state index is -3.53. The Morgan fingerprint density at radius 1 is 1.05 bits per heavy atom. The zero-order valence-electron chi connectivity index (χ0n) is 21.8. The van der Waals surface area contributed by atoms with Crippen LogP contribution in [0.15, 0.2) is 48.5 Å². The van der Waals surface area contributed by atoms with Gasteiger partial charge in [-0.15, -0.1) is 0 Å². The predicted molar refractivity (Wildman–Crippen MR) is 148 cm³/mol. The second-order valence-corrected chi connectivity index (χ2v) is 14.4. The first-order chi connectivity index (χ1) is 17.2. The fourth-order valence-corrected chi connectivity index (χ4v) is 7.00. The van der Waals surface area contributed by atoms with Crippen molar-refractivity contribution in [2.24, 2.45) is 11.3 Å². The van der Waals surface area contributed by atoms with E-state index < -0.39 is 38.6 Å². The van der Waals surface area contributed by atoms with Crippen LogP contribution in [0.5, 0.6) is 0 Å². The summed E-state index contributed by atoms with van der Waals surface area (Å²) in [6.45, 7) is 8.71. The average molecular weight is 569 g/mol. The molecule has 1 aliphatic heterocycles. The third-order valence-corrected chi connectivity index (χ3v) is 10.1. The zero-order chi connectivity index (χ0) is 27.7. The average Bonchev–Trinajstić information content (AvgIpc) is 2.79. The van der Waals surface area contributed by atoms with E-state index >= 15 is 0 Å². The van der Waals surface area contributed by atoms with Crippen LogP contribution >= 0.6 is 23.2 Å². The number of amides is 1. The van der Waals surface area contributed by atoms with E-state index in [1.54, 1.807) is 43.9 Å². The van der Waals surface area contributed by atoms with Crippen LogP contribution in [0.1, 0.15) is 70.5 Å². The van der Waals surface area contributed by atoms with E-state index in [2.05, 4.69) is 0 Å². The van der Waals surface area contributed by atoms with E-state index in [0.29, 0.717) is 10.0 Å². The van der Waals surface area contributed by atoms with Crippen LogP contribution in [0.25, 0.3) is 0 Å². The lowest BCUT2D eigenvalue weighted by atomic mass is 9.66. The molecule has 1 heterocycles. The monoisotopic (exact) mass is 567 g/mol. The van der Waals surface area contributed by atoms with Crippen molar-refractivity contribution in [1.29, 1.82) is 0 Å². The summed E-state index contributed by atoms with van der Waals surface area (Å²) in [4.78, 5) is 27.9. The number of benzene rings is 2. The van der Waals surface area contributed by atoms with Crippen molar-refractivity contribution in [1.82, 2.24) is 4.90 Å². The van der Waals surface area contributed by atoms with E-state index in [-0.39, 0.29) is 36.3 Å². The molecule has 1 amide bonds. The Bertz CT molecular complexity index is 1250. The molecule has 2 aromatic rings. The van der Waals surface area contributed by atoms with Gasteiger partial charge in [0.2, 0.25) is 5.91 Å². The lowest BCUT2D eigenvalue weighted by Crippen LogP contribution is -2.59. The van der Waals surface area contributed by atoms with Crippen LogP contribution in [-0.2, 0) is 19.4 Å². The Morgan fingerprint density at radius 2 is 1.68 bits per heavy atom. The number of hydrogen-bond acceptors (Lipinski definition) is 4. The van der Waals surface area contributed by atoms with Gasteiger partial charge in [0, 0.05) is 22.0 Å². The van der Waals surface area contributed by atoms with Crippen LogP contribution in [0, 0.1) is 11.3 Å². The quantitative estimate of drug-likeness (QED) is 0.379. The molecule has 0 bridgehead atoms. The van der Waals surface area contributed by atoms with E-state index in [4.69, 9.17) is 23.2 Å². The summed E-state index contributed by atoms with van der Waals surface area (Å²) in [5.74, 6) is -2.19. The van der Waals surface area contributed by atoms with Crippen LogP contribution in [-0.4, -0.2) is 47.3 Å². The van der Waals surface area contributed by atoms with Crippen LogP contribution < -0.4 is 0 Å². The number of carbonyl (C=O) groups is 2. The number of piperidine rings is 1. The highest BCUT2D eigenvalue weighted by atomic mass is 35.5. The Morgan fingerprint density at radius 3 is 2.19 bits per heavy atom. The summed E-state index contributed by atoms with van der Waals surface area (Å²) < 4.78 is 26.3. The van der Waals surface area contributed by atoms with Gasteiger partial charge in [0.25, 0.3) is 0 Å². The van der Waals surface area contributed by atoms with Gasteiger partial charge in [0.1, 0.15) is 0 Å². The smallest absolute Gasteiger partial charge is 0.304 e. The number of carboxylic acids is 1. The first kappa shape index (κ1) is 29.5. The number of rotatable bonds is 9. The Hall–Kier alpha value is -2.09. The number of hydrogen-bond donors (Lipinski definition) is 1.